The Kier molecular flexibility index (Phi) is 33.2. The van der Waals surface area contributed by atoms with Gasteiger partial charge in [0, 0.05) is 6.54 Å². The Bertz CT molecular complexity index is 2450. The molecule has 0 aliphatic carbocycles. The average molecular weight is 1140 g/mol. The van der Waals surface area contributed by atoms with Gasteiger partial charge in [-0.25, -0.2) is 0 Å². The summed E-state index contributed by atoms with van der Waals surface area (Å²) in [6.45, 7) is 14.4. The van der Waals surface area contributed by atoms with Crippen LogP contribution in [-0.4, -0.2) is 49.7 Å². The molecule has 0 atom stereocenters. The van der Waals surface area contributed by atoms with Gasteiger partial charge in [0.1, 0.15) is 0 Å². The van der Waals surface area contributed by atoms with E-state index in [1.807, 2.05) is 12.1 Å². The van der Waals surface area contributed by atoms with E-state index in [0.717, 1.165) is 137 Å². The van der Waals surface area contributed by atoms with Crippen LogP contribution in [0.2, 0.25) is 0 Å². The molecule has 0 radical (unpaired) electrons. The van der Waals surface area contributed by atoms with E-state index in [0.29, 0.717) is 44.1 Å². The summed E-state index contributed by atoms with van der Waals surface area (Å²) in [5, 5.41) is 8.37. The van der Waals surface area contributed by atoms with Crippen molar-refractivity contribution < 1.29 is 28.5 Å². The fraction of sp³-hybridized carbons (Fsp3) is 0.684. The zero-order valence-electron chi connectivity index (χ0n) is 53.7. The number of carbonyl (C=O) groups is 2. The molecule has 0 unspecified atom stereocenters. The van der Waals surface area contributed by atoms with E-state index in [1.54, 1.807) is 0 Å². The molecule has 5 aromatic carbocycles. The molecule has 0 fully saturated rings. The zero-order valence-corrected chi connectivity index (χ0v) is 53.7. The number of rotatable bonds is 51. The van der Waals surface area contributed by atoms with E-state index in [2.05, 4.69) is 71.0 Å². The minimum atomic E-state index is -0.168. The quantitative estimate of drug-likeness (QED) is 0.0167. The highest BCUT2D eigenvalue weighted by molar-refractivity contribution is 6.29. The molecule has 0 saturated heterocycles. The highest BCUT2D eigenvalue weighted by atomic mass is 16.5. The SMILES string of the molecule is CCCCCCCCCCCCN1C(=O)c2cc3cc4c5cc(OCCCCCCCCCC)c(OCCCCCCCCCC)cc5c5cc(OCCCCCCCCCC)c(OCCCCCCCCCC)cc5c4cc3cc2C1=O. The summed E-state index contributed by atoms with van der Waals surface area (Å²) in [6.07, 6.45) is 51.8. The zero-order chi connectivity index (χ0) is 58.5. The molecule has 462 valence electrons. The Balaban J connectivity index is 1.37. The van der Waals surface area contributed by atoms with Crippen molar-refractivity contribution in [3.05, 3.63) is 59.7 Å². The smallest absolute Gasteiger partial charge is 0.261 e. The van der Waals surface area contributed by atoms with Crippen molar-refractivity contribution in [2.24, 2.45) is 0 Å². The van der Waals surface area contributed by atoms with E-state index >= 15 is 0 Å². The second-order valence-electron chi connectivity index (χ2n) is 25.1. The lowest BCUT2D eigenvalue weighted by atomic mass is 9.90. The number of benzene rings is 5. The lowest BCUT2D eigenvalue weighted by Gasteiger charge is -2.20. The summed E-state index contributed by atoms with van der Waals surface area (Å²) in [7, 11) is 0. The predicted molar refractivity (Wildman–Crippen MR) is 356 cm³/mol. The van der Waals surface area contributed by atoms with Gasteiger partial charge in [0.05, 0.1) is 37.6 Å². The third-order valence-corrected chi connectivity index (χ3v) is 17.9. The number of nitrogens with zero attached hydrogens (tertiary/aromatic N) is 1. The van der Waals surface area contributed by atoms with Crippen LogP contribution in [0, 0.1) is 0 Å². The van der Waals surface area contributed by atoms with Crippen LogP contribution in [-0.2, 0) is 0 Å². The maximum Gasteiger partial charge on any atom is 0.261 e. The number of amides is 2. The number of imide groups is 1. The highest BCUT2D eigenvalue weighted by Gasteiger charge is 2.35. The van der Waals surface area contributed by atoms with Gasteiger partial charge in [-0.3, -0.25) is 14.5 Å². The van der Waals surface area contributed by atoms with Crippen molar-refractivity contribution in [1.82, 2.24) is 4.90 Å². The lowest BCUT2D eigenvalue weighted by molar-refractivity contribution is 0.0651. The van der Waals surface area contributed by atoms with Gasteiger partial charge in [-0.2, -0.15) is 0 Å². The third-order valence-electron chi connectivity index (χ3n) is 17.9. The van der Waals surface area contributed by atoms with Crippen LogP contribution < -0.4 is 18.9 Å². The van der Waals surface area contributed by atoms with Crippen LogP contribution in [0.5, 0.6) is 23.0 Å². The maximum absolute atomic E-state index is 14.2. The minimum Gasteiger partial charge on any atom is -0.490 e. The van der Waals surface area contributed by atoms with Crippen molar-refractivity contribution >= 4 is 54.9 Å². The van der Waals surface area contributed by atoms with Crippen molar-refractivity contribution in [2.45, 2.75) is 304 Å². The van der Waals surface area contributed by atoms with Crippen LogP contribution in [0.1, 0.15) is 325 Å². The molecule has 0 bridgehead atoms. The largest absolute Gasteiger partial charge is 0.490 e. The molecular weight excluding hydrogens is 1020 g/mol. The Hall–Kier alpha value is -4.52. The summed E-state index contributed by atoms with van der Waals surface area (Å²) < 4.78 is 27.4. The average Bonchev–Trinajstić information content (AvgIpc) is 2.05. The fourth-order valence-corrected chi connectivity index (χ4v) is 12.6. The van der Waals surface area contributed by atoms with Gasteiger partial charge in [-0.1, -0.05) is 272 Å². The Morgan fingerprint density at radius 1 is 0.253 bits per heavy atom. The molecule has 0 aromatic heterocycles. The number of hydrogen-bond donors (Lipinski definition) is 0. The van der Waals surface area contributed by atoms with E-state index < -0.39 is 0 Å². The molecule has 0 saturated carbocycles. The summed E-state index contributed by atoms with van der Waals surface area (Å²) in [4.78, 5) is 29.9. The van der Waals surface area contributed by atoms with Gasteiger partial charge in [-0.15, -0.1) is 0 Å². The van der Waals surface area contributed by atoms with E-state index in [9.17, 15) is 9.59 Å². The van der Waals surface area contributed by atoms with Crippen LogP contribution in [0.15, 0.2) is 48.5 Å². The van der Waals surface area contributed by atoms with Crippen LogP contribution >= 0.6 is 0 Å². The number of hydrogen-bond acceptors (Lipinski definition) is 6. The molecule has 5 aromatic rings. The molecule has 7 nitrogen and oxygen atoms in total. The fourth-order valence-electron chi connectivity index (χ4n) is 12.6. The minimum absolute atomic E-state index is 0.168. The van der Waals surface area contributed by atoms with Crippen LogP contribution in [0.3, 0.4) is 0 Å². The first-order valence-electron chi connectivity index (χ1n) is 35.3. The summed E-state index contributed by atoms with van der Waals surface area (Å²) in [5.74, 6) is 2.83. The first-order valence-corrected chi connectivity index (χ1v) is 35.3. The number of unbranched alkanes of at least 4 members (excludes halogenated alkanes) is 37. The summed E-state index contributed by atoms with van der Waals surface area (Å²) in [5.41, 5.74) is 1.03. The predicted octanol–water partition coefficient (Wildman–Crippen LogP) is 23.9. The van der Waals surface area contributed by atoms with Gasteiger partial charge < -0.3 is 18.9 Å². The van der Waals surface area contributed by atoms with Crippen LogP contribution in [0.25, 0.3) is 43.1 Å². The Morgan fingerprint density at radius 3 is 0.699 bits per heavy atom. The Morgan fingerprint density at radius 2 is 0.458 bits per heavy atom. The molecule has 0 spiro atoms. The normalized spacial score (nSPS) is 12.5. The highest BCUT2D eigenvalue weighted by Crippen LogP contribution is 2.46. The molecule has 1 aliphatic heterocycles. The summed E-state index contributed by atoms with van der Waals surface area (Å²) >= 11 is 0. The standard InChI is InChI=1S/C76H117NO6/c1-6-11-16-21-26-31-32-33-38-43-48-77-75(78)69-55-61-53-63-64(54-62(61)56-70(69)76(77)79)66-58-72(81-50-45-40-35-28-23-18-13-8-3)74(83-52-47-42-37-30-25-20-15-10-5)60-68(66)67-59-73(82-51-46-41-36-29-24-19-14-9-4)71(57-65(63)67)80-49-44-39-34-27-22-17-12-7-2/h53-60H,6-52H2,1-5H3. The molecular formula is C76H117NO6. The topological polar surface area (TPSA) is 74.3 Å². The van der Waals surface area contributed by atoms with Crippen molar-refractivity contribution in [3.63, 3.8) is 0 Å². The monoisotopic (exact) mass is 1140 g/mol. The molecule has 1 aliphatic rings. The van der Waals surface area contributed by atoms with Crippen LogP contribution in [0.4, 0.5) is 0 Å². The van der Waals surface area contributed by atoms with Crippen molar-refractivity contribution in [3.8, 4) is 23.0 Å². The van der Waals surface area contributed by atoms with Crippen molar-refractivity contribution in [2.75, 3.05) is 33.0 Å². The molecule has 6 rings (SSSR count). The van der Waals surface area contributed by atoms with Gasteiger partial charge in [0.2, 0.25) is 0 Å². The third kappa shape index (κ3) is 22.7. The summed E-state index contributed by atoms with van der Waals surface area (Å²) in [6, 6.07) is 17.4. The second kappa shape index (κ2) is 40.7. The van der Waals surface area contributed by atoms with Gasteiger partial charge in [-0.05, 0) is 124 Å². The van der Waals surface area contributed by atoms with Gasteiger partial charge in [0.15, 0.2) is 23.0 Å². The lowest BCUT2D eigenvalue weighted by Crippen LogP contribution is -2.30. The first-order chi connectivity index (χ1) is 40.9. The van der Waals surface area contributed by atoms with E-state index in [-0.39, 0.29) is 11.8 Å². The second-order valence-corrected chi connectivity index (χ2v) is 25.1. The molecule has 2 amide bonds. The van der Waals surface area contributed by atoms with E-state index in [1.165, 1.54) is 204 Å². The Labute approximate surface area is 505 Å². The van der Waals surface area contributed by atoms with E-state index in [4.69, 9.17) is 18.9 Å². The molecule has 83 heavy (non-hydrogen) atoms. The number of carbonyl (C=O) groups excluding carboxylic acids is 2. The number of ether oxygens (including phenoxy) is 4. The van der Waals surface area contributed by atoms with Gasteiger partial charge in [0.25, 0.3) is 11.8 Å². The van der Waals surface area contributed by atoms with Gasteiger partial charge >= 0.3 is 0 Å². The molecule has 1 heterocycles. The molecule has 0 N–H and O–H groups in total. The number of fused-ring (bicyclic) bond motifs is 8. The first kappa shape index (κ1) is 67.6. The van der Waals surface area contributed by atoms with Crippen molar-refractivity contribution in [1.29, 1.82) is 0 Å². The molecule has 7 heteroatoms. The maximum atomic E-state index is 14.2.